The summed E-state index contributed by atoms with van der Waals surface area (Å²) in [5.41, 5.74) is 1.16. The van der Waals surface area contributed by atoms with Gasteiger partial charge in [0, 0.05) is 0 Å². The number of carboxylic acid groups (broad SMARTS) is 1. The van der Waals surface area contributed by atoms with Crippen LogP contribution in [0.25, 0.3) is 0 Å². The third kappa shape index (κ3) is 6.32. The van der Waals surface area contributed by atoms with Crippen LogP contribution < -0.4 is 0 Å². The van der Waals surface area contributed by atoms with Crippen LogP contribution in [0.5, 0.6) is 0 Å². The van der Waals surface area contributed by atoms with Gasteiger partial charge in [-0.1, -0.05) is 56.5 Å². The third-order valence-corrected chi connectivity index (χ3v) is 4.39. The molecule has 128 valence electrons. The fourth-order valence-corrected chi connectivity index (χ4v) is 3.12. The highest BCUT2D eigenvalue weighted by atomic mass is 16.5. The summed E-state index contributed by atoms with van der Waals surface area (Å²) < 4.78 is 12.0. The number of ether oxygens (including phenoxy) is 2. The highest BCUT2D eigenvalue weighted by Gasteiger charge is 2.33. The van der Waals surface area contributed by atoms with Crippen molar-refractivity contribution in [2.75, 3.05) is 6.61 Å². The Morgan fingerprint density at radius 1 is 1.35 bits per heavy atom. The lowest BCUT2D eigenvalue weighted by Crippen LogP contribution is -2.28. The Hall–Kier alpha value is -1.39. The van der Waals surface area contributed by atoms with E-state index in [-0.39, 0.29) is 24.5 Å². The molecule has 1 aromatic rings. The Morgan fingerprint density at radius 3 is 2.83 bits per heavy atom. The minimum Gasteiger partial charge on any atom is -0.481 e. The molecule has 3 atom stereocenters. The fraction of sp³-hybridized carbons (Fsp3) is 0.632. The van der Waals surface area contributed by atoms with E-state index in [4.69, 9.17) is 14.6 Å². The summed E-state index contributed by atoms with van der Waals surface area (Å²) >= 11 is 0. The third-order valence-electron chi connectivity index (χ3n) is 4.39. The number of carbonyl (C=O) groups is 1. The summed E-state index contributed by atoms with van der Waals surface area (Å²) in [5, 5.41) is 8.94. The average Bonchev–Trinajstić information content (AvgIpc) is 2.99. The molecule has 23 heavy (non-hydrogen) atoms. The smallest absolute Gasteiger partial charge is 0.303 e. The summed E-state index contributed by atoms with van der Waals surface area (Å²) in [6.07, 6.45) is 5.54. The van der Waals surface area contributed by atoms with Gasteiger partial charge in [-0.3, -0.25) is 4.79 Å². The van der Waals surface area contributed by atoms with Gasteiger partial charge >= 0.3 is 5.97 Å². The number of hydrogen-bond donors (Lipinski definition) is 1. The van der Waals surface area contributed by atoms with Gasteiger partial charge in [-0.25, -0.2) is 0 Å². The second-order valence-electron chi connectivity index (χ2n) is 6.40. The molecule has 2 rings (SSSR count). The quantitative estimate of drug-likeness (QED) is 0.661. The summed E-state index contributed by atoms with van der Waals surface area (Å²) in [6.45, 7) is 3.31. The molecular weight excluding hydrogens is 292 g/mol. The lowest BCUT2D eigenvalue weighted by molar-refractivity contribution is -0.138. The minimum atomic E-state index is -0.744. The molecular formula is C19H28O4. The minimum absolute atomic E-state index is 0.0277. The normalized spacial score (nSPS) is 22.1. The van der Waals surface area contributed by atoms with Crippen LogP contribution in [0, 0.1) is 5.92 Å². The van der Waals surface area contributed by atoms with Gasteiger partial charge in [0.25, 0.3) is 0 Å². The second-order valence-corrected chi connectivity index (χ2v) is 6.40. The Bertz CT molecular complexity index is 460. The van der Waals surface area contributed by atoms with Crippen LogP contribution in [-0.2, 0) is 20.9 Å². The van der Waals surface area contributed by atoms with Crippen LogP contribution in [0.3, 0.4) is 0 Å². The van der Waals surface area contributed by atoms with E-state index in [1.165, 1.54) is 12.8 Å². The average molecular weight is 320 g/mol. The van der Waals surface area contributed by atoms with Crippen molar-refractivity contribution < 1.29 is 19.4 Å². The Labute approximate surface area is 138 Å². The first-order valence-electron chi connectivity index (χ1n) is 8.68. The second kappa shape index (κ2) is 9.68. The summed E-state index contributed by atoms with van der Waals surface area (Å²) in [6, 6.07) is 10.1. The predicted octanol–water partition coefficient (Wildman–Crippen LogP) is 4.03. The SMILES string of the molecule is CCCCC[C@@H](OCc1ccccc1)[C@H]1C[C@H](CC(=O)O)CO1. The molecule has 4 nitrogen and oxygen atoms in total. The first-order chi connectivity index (χ1) is 11.2. The van der Waals surface area contributed by atoms with Crippen LogP contribution in [0.15, 0.2) is 30.3 Å². The van der Waals surface area contributed by atoms with Gasteiger partial charge in [0.15, 0.2) is 0 Å². The van der Waals surface area contributed by atoms with Crippen molar-refractivity contribution >= 4 is 5.97 Å². The van der Waals surface area contributed by atoms with Crippen LogP contribution in [0.4, 0.5) is 0 Å². The van der Waals surface area contributed by atoms with E-state index >= 15 is 0 Å². The van der Waals surface area contributed by atoms with E-state index in [1.54, 1.807) is 0 Å². The molecule has 0 saturated carbocycles. The Kier molecular flexibility index (Phi) is 7.56. The largest absolute Gasteiger partial charge is 0.481 e. The fourth-order valence-electron chi connectivity index (χ4n) is 3.12. The molecule has 1 fully saturated rings. The molecule has 1 aliphatic heterocycles. The lowest BCUT2D eigenvalue weighted by atomic mass is 9.97. The maximum atomic E-state index is 10.9. The van der Waals surface area contributed by atoms with Crippen molar-refractivity contribution in [1.29, 1.82) is 0 Å². The molecule has 1 saturated heterocycles. The van der Waals surface area contributed by atoms with Crippen molar-refractivity contribution in [3.05, 3.63) is 35.9 Å². The van der Waals surface area contributed by atoms with Gasteiger partial charge in [0.2, 0.25) is 0 Å². The first-order valence-corrected chi connectivity index (χ1v) is 8.68. The number of carboxylic acids is 1. The standard InChI is InChI=1S/C19H28O4/c1-2-3-5-10-17(22-13-15-8-6-4-7-9-15)18-11-16(14-23-18)12-19(20)21/h4,6-9,16-18H,2-3,5,10-14H2,1H3,(H,20,21)/t16-,17-,18-/m1/s1. The topological polar surface area (TPSA) is 55.8 Å². The molecule has 0 unspecified atom stereocenters. The van der Waals surface area contributed by atoms with Gasteiger partial charge in [-0.15, -0.1) is 0 Å². The molecule has 4 heteroatoms. The Balaban J connectivity index is 1.87. The molecule has 0 radical (unpaired) electrons. The number of hydrogen-bond acceptors (Lipinski definition) is 3. The first kappa shape index (κ1) is 18.0. The van der Waals surface area contributed by atoms with Crippen molar-refractivity contribution in [1.82, 2.24) is 0 Å². The van der Waals surface area contributed by atoms with E-state index in [1.807, 2.05) is 18.2 Å². The van der Waals surface area contributed by atoms with Gasteiger partial charge in [-0.05, 0) is 24.3 Å². The molecule has 0 aliphatic carbocycles. The zero-order valence-corrected chi connectivity index (χ0v) is 13.9. The number of unbranched alkanes of at least 4 members (excludes halogenated alkanes) is 2. The van der Waals surface area contributed by atoms with Crippen LogP contribution in [-0.4, -0.2) is 29.9 Å². The molecule has 0 amide bonds. The van der Waals surface area contributed by atoms with Crippen LogP contribution in [0.2, 0.25) is 0 Å². The predicted molar refractivity (Wildman–Crippen MR) is 89.3 cm³/mol. The highest BCUT2D eigenvalue weighted by Crippen LogP contribution is 2.28. The van der Waals surface area contributed by atoms with Crippen molar-refractivity contribution in [2.45, 2.75) is 64.3 Å². The van der Waals surface area contributed by atoms with E-state index < -0.39 is 5.97 Å². The molecule has 1 heterocycles. The molecule has 1 aliphatic rings. The lowest BCUT2D eigenvalue weighted by Gasteiger charge is -2.23. The maximum absolute atomic E-state index is 10.9. The number of benzene rings is 1. The van der Waals surface area contributed by atoms with Gasteiger partial charge < -0.3 is 14.6 Å². The Morgan fingerprint density at radius 2 is 2.13 bits per heavy atom. The number of aliphatic carboxylic acids is 1. The summed E-state index contributed by atoms with van der Waals surface area (Å²) in [4.78, 5) is 10.9. The maximum Gasteiger partial charge on any atom is 0.303 e. The number of rotatable bonds is 10. The molecule has 1 N–H and O–H groups in total. The van der Waals surface area contributed by atoms with E-state index in [9.17, 15) is 4.79 Å². The van der Waals surface area contributed by atoms with Gasteiger partial charge in [-0.2, -0.15) is 0 Å². The zero-order valence-electron chi connectivity index (χ0n) is 13.9. The molecule has 0 aromatic heterocycles. The van der Waals surface area contributed by atoms with Crippen molar-refractivity contribution in [3.8, 4) is 0 Å². The van der Waals surface area contributed by atoms with Crippen molar-refractivity contribution in [3.63, 3.8) is 0 Å². The van der Waals surface area contributed by atoms with Gasteiger partial charge in [0.1, 0.15) is 0 Å². The van der Waals surface area contributed by atoms with E-state index in [0.29, 0.717) is 13.2 Å². The van der Waals surface area contributed by atoms with Crippen LogP contribution >= 0.6 is 0 Å². The highest BCUT2D eigenvalue weighted by molar-refractivity contribution is 5.67. The zero-order chi connectivity index (χ0) is 16.5. The molecule has 0 spiro atoms. The van der Waals surface area contributed by atoms with Crippen molar-refractivity contribution in [2.24, 2.45) is 5.92 Å². The monoisotopic (exact) mass is 320 g/mol. The van der Waals surface area contributed by atoms with Gasteiger partial charge in [0.05, 0.1) is 31.8 Å². The summed E-state index contributed by atoms with van der Waals surface area (Å²) in [7, 11) is 0. The summed E-state index contributed by atoms with van der Waals surface area (Å²) in [5.74, 6) is -0.626. The van der Waals surface area contributed by atoms with E-state index in [2.05, 4.69) is 19.1 Å². The molecule has 0 bridgehead atoms. The van der Waals surface area contributed by atoms with Crippen LogP contribution in [0.1, 0.15) is 51.0 Å². The van der Waals surface area contributed by atoms with E-state index in [0.717, 1.165) is 24.8 Å². The molecule has 1 aromatic carbocycles.